The molecule has 0 unspecified atom stereocenters. The molecular weight excluding hydrogens is 344 g/mol. The molecule has 4 nitrogen and oxygen atoms in total. The van der Waals surface area contributed by atoms with Crippen molar-refractivity contribution < 1.29 is 9.59 Å². The molecule has 1 heterocycles. The lowest BCUT2D eigenvalue weighted by Crippen LogP contribution is -2.29. The predicted octanol–water partition coefficient (Wildman–Crippen LogP) is 3.49. The minimum atomic E-state index is -0.419. The van der Waals surface area contributed by atoms with Crippen molar-refractivity contribution in [3.63, 3.8) is 0 Å². The fraction of sp³-hybridized carbons (Fsp3) is 0. The molecule has 100 valence electrons. The molecule has 2 amide bonds. The smallest absolute Gasteiger partial charge is 0.266 e. The molecule has 0 aliphatic carbocycles. The van der Waals surface area contributed by atoms with Crippen molar-refractivity contribution in [3.8, 4) is 0 Å². The molecular formula is C14H8BrClN2O2. The first-order valence-electron chi connectivity index (χ1n) is 5.72. The van der Waals surface area contributed by atoms with E-state index in [2.05, 4.69) is 15.9 Å². The van der Waals surface area contributed by atoms with Gasteiger partial charge in [0.05, 0.1) is 21.8 Å². The summed E-state index contributed by atoms with van der Waals surface area (Å²) in [5.41, 5.74) is 7.08. The van der Waals surface area contributed by atoms with Gasteiger partial charge in [-0.05, 0) is 36.4 Å². The van der Waals surface area contributed by atoms with Crippen LogP contribution in [0.1, 0.15) is 20.7 Å². The lowest BCUT2D eigenvalue weighted by molar-refractivity contribution is 0.0926. The molecule has 2 aromatic rings. The van der Waals surface area contributed by atoms with Crippen molar-refractivity contribution in [3.05, 3.63) is 57.0 Å². The van der Waals surface area contributed by atoms with Gasteiger partial charge < -0.3 is 5.73 Å². The molecule has 0 atom stereocenters. The Kier molecular flexibility index (Phi) is 3.03. The Balaban J connectivity index is 2.16. The van der Waals surface area contributed by atoms with E-state index in [1.54, 1.807) is 30.3 Å². The van der Waals surface area contributed by atoms with Gasteiger partial charge in [0, 0.05) is 10.2 Å². The summed E-state index contributed by atoms with van der Waals surface area (Å²) in [5, 5.41) is 0.329. The van der Waals surface area contributed by atoms with E-state index in [-0.39, 0.29) is 0 Å². The molecule has 1 aliphatic rings. The average molecular weight is 352 g/mol. The van der Waals surface area contributed by atoms with Gasteiger partial charge in [-0.25, -0.2) is 4.90 Å². The Labute approximate surface area is 128 Å². The van der Waals surface area contributed by atoms with Crippen LogP contribution in [0.2, 0.25) is 5.02 Å². The summed E-state index contributed by atoms with van der Waals surface area (Å²) < 4.78 is 0.730. The summed E-state index contributed by atoms with van der Waals surface area (Å²) in [4.78, 5) is 25.8. The van der Waals surface area contributed by atoms with E-state index < -0.39 is 11.8 Å². The Hall–Kier alpha value is -1.85. The zero-order valence-corrected chi connectivity index (χ0v) is 12.4. The molecule has 2 aromatic carbocycles. The first-order valence-corrected chi connectivity index (χ1v) is 6.89. The van der Waals surface area contributed by atoms with Crippen molar-refractivity contribution >= 4 is 50.7 Å². The van der Waals surface area contributed by atoms with Gasteiger partial charge in [-0.15, -0.1) is 0 Å². The van der Waals surface area contributed by atoms with Crippen LogP contribution in [0.4, 0.5) is 11.4 Å². The van der Waals surface area contributed by atoms with Gasteiger partial charge in [0.25, 0.3) is 11.8 Å². The van der Waals surface area contributed by atoms with Crippen LogP contribution in [0, 0.1) is 0 Å². The molecule has 0 saturated carbocycles. The van der Waals surface area contributed by atoms with E-state index >= 15 is 0 Å². The van der Waals surface area contributed by atoms with Crippen LogP contribution >= 0.6 is 27.5 Å². The number of carbonyl (C=O) groups is 2. The molecule has 0 fully saturated rings. The number of rotatable bonds is 1. The minimum absolute atomic E-state index is 0.297. The predicted molar refractivity (Wildman–Crippen MR) is 81.1 cm³/mol. The Morgan fingerprint density at radius 1 is 1.00 bits per heavy atom. The maximum Gasteiger partial charge on any atom is 0.266 e. The van der Waals surface area contributed by atoms with Crippen LogP contribution in [-0.4, -0.2) is 11.8 Å². The number of amides is 2. The zero-order chi connectivity index (χ0) is 14.4. The number of fused-ring (bicyclic) bond motifs is 1. The first kappa shape index (κ1) is 13.1. The van der Waals surface area contributed by atoms with Gasteiger partial charge >= 0.3 is 0 Å². The number of nitrogens with zero attached hydrogens (tertiary/aromatic N) is 1. The van der Waals surface area contributed by atoms with E-state index in [1.165, 1.54) is 6.07 Å². The second-order valence-electron chi connectivity index (χ2n) is 4.35. The molecule has 0 saturated heterocycles. The van der Waals surface area contributed by atoms with Gasteiger partial charge in [0.15, 0.2) is 0 Å². The SMILES string of the molecule is Nc1ccc2c(c1)C(=O)N(c1cc(Br)ccc1Cl)C2=O. The highest BCUT2D eigenvalue weighted by Gasteiger charge is 2.37. The van der Waals surface area contributed by atoms with E-state index in [0.29, 0.717) is 27.5 Å². The van der Waals surface area contributed by atoms with E-state index in [4.69, 9.17) is 17.3 Å². The number of nitrogens with two attached hydrogens (primary N) is 1. The highest BCUT2D eigenvalue weighted by molar-refractivity contribution is 9.10. The Bertz CT molecular complexity index is 761. The van der Waals surface area contributed by atoms with Crippen molar-refractivity contribution in [2.24, 2.45) is 0 Å². The number of hydrogen-bond acceptors (Lipinski definition) is 3. The van der Waals surface area contributed by atoms with E-state index in [1.807, 2.05) is 0 Å². The maximum absolute atomic E-state index is 12.4. The quantitative estimate of drug-likeness (QED) is 0.632. The molecule has 2 N–H and O–H groups in total. The Morgan fingerprint density at radius 3 is 2.45 bits per heavy atom. The third kappa shape index (κ3) is 1.90. The highest BCUT2D eigenvalue weighted by atomic mass is 79.9. The number of hydrogen-bond donors (Lipinski definition) is 1. The fourth-order valence-electron chi connectivity index (χ4n) is 2.13. The number of benzene rings is 2. The van der Waals surface area contributed by atoms with E-state index in [0.717, 1.165) is 9.37 Å². The third-order valence-electron chi connectivity index (χ3n) is 3.06. The molecule has 6 heteroatoms. The van der Waals surface area contributed by atoms with Gasteiger partial charge in [0.1, 0.15) is 0 Å². The molecule has 0 bridgehead atoms. The van der Waals surface area contributed by atoms with Crippen molar-refractivity contribution in [2.75, 3.05) is 10.6 Å². The largest absolute Gasteiger partial charge is 0.399 e. The normalized spacial score (nSPS) is 13.8. The van der Waals surface area contributed by atoms with Crippen LogP contribution in [0.3, 0.4) is 0 Å². The maximum atomic E-state index is 12.4. The second-order valence-corrected chi connectivity index (χ2v) is 5.67. The minimum Gasteiger partial charge on any atom is -0.399 e. The molecule has 0 aromatic heterocycles. The number of nitrogen functional groups attached to an aromatic ring is 1. The number of carbonyl (C=O) groups excluding carboxylic acids is 2. The number of anilines is 2. The van der Waals surface area contributed by atoms with Crippen LogP contribution in [-0.2, 0) is 0 Å². The van der Waals surface area contributed by atoms with Crippen LogP contribution in [0.25, 0.3) is 0 Å². The lowest BCUT2D eigenvalue weighted by atomic mass is 10.1. The highest BCUT2D eigenvalue weighted by Crippen LogP contribution is 2.35. The summed E-state index contributed by atoms with van der Waals surface area (Å²) in [7, 11) is 0. The molecule has 20 heavy (non-hydrogen) atoms. The molecule has 0 spiro atoms. The van der Waals surface area contributed by atoms with Crippen LogP contribution < -0.4 is 10.6 Å². The molecule has 1 aliphatic heterocycles. The molecule has 3 rings (SSSR count). The van der Waals surface area contributed by atoms with Gasteiger partial charge in [0.2, 0.25) is 0 Å². The van der Waals surface area contributed by atoms with Crippen molar-refractivity contribution in [1.82, 2.24) is 0 Å². The van der Waals surface area contributed by atoms with Gasteiger partial charge in [-0.1, -0.05) is 27.5 Å². The first-order chi connectivity index (χ1) is 9.49. The average Bonchev–Trinajstić information content (AvgIpc) is 2.65. The van der Waals surface area contributed by atoms with Crippen molar-refractivity contribution in [1.29, 1.82) is 0 Å². The monoisotopic (exact) mass is 350 g/mol. The fourth-order valence-corrected chi connectivity index (χ4v) is 2.69. The third-order valence-corrected chi connectivity index (χ3v) is 3.87. The summed E-state index contributed by atoms with van der Waals surface area (Å²) in [6, 6.07) is 9.64. The second kappa shape index (κ2) is 4.61. The molecule has 0 radical (unpaired) electrons. The number of imide groups is 1. The lowest BCUT2D eigenvalue weighted by Gasteiger charge is -2.15. The van der Waals surface area contributed by atoms with Gasteiger partial charge in [-0.3, -0.25) is 9.59 Å². The summed E-state index contributed by atoms with van der Waals surface area (Å²) >= 11 is 9.39. The van der Waals surface area contributed by atoms with Crippen LogP contribution in [0.15, 0.2) is 40.9 Å². The standard InChI is InChI=1S/C14H8BrClN2O2/c15-7-1-4-11(16)12(5-7)18-13(19)9-3-2-8(17)6-10(9)14(18)20/h1-6H,17H2. The number of halogens is 2. The van der Waals surface area contributed by atoms with Gasteiger partial charge in [-0.2, -0.15) is 0 Å². The van der Waals surface area contributed by atoms with Crippen LogP contribution in [0.5, 0.6) is 0 Å². The van der Waals surface area contributed by atoms with Crippen molar-refractivity contribution in [2.45, 2.75) is 0 Å². The van der Waals surface area contributed by atoms with E-state index in [9.17, 15) is 9.59 Å². The summed E-state index contributed by atoms with van der Waals surface area (Å²) in [6.45, 7) is 0. The zero-order valence-electron chi connectivity index (χ0n) is 10.1. The summed E-state index contributed by atoms with van der Waals surface area (Å²) in [5.74, 6) is -0.817. The Morgan fingerprint density at radius 2 is 1.70 bits per heavy atom. The topological polar surface area (TPSA) is 63.4 Å². The summed E-state index contributed by atoms with van der Waals surface area (Å²) in [6.07, 6.45) is 0.